The number of nitrogens with one attached hydrogen (secondary N) is 1. The van der Waals surface area contributed by atoms with Crippen LogP contribution in [0.1, 0.15) is 19.3 Å². The zero-order chi connectivity index (χ0) is 12.5. The van der Waals surface area contributed by atoms with Crippen molar-refractivity contribution in [1.29, 1.82) is 0 Å². The third-order valence-electron chi connectivity index (χ3n) is 2.63. The Morgan fingerprint density at radius 2 is 2.00 bits per heavy atom. The Morgan fingerprint density at radius 1 is 1.29 bits per heavy atom. The summed E-state index contributed by atoms with van der Waals surface area (Å²) in [5.41, 5.74) is 0.802. The molecule has 94 valence electrons. The predicted octanol–water partition coefficient (Wildman–Crippen LogP) is 4.31. The second-order valence-corrected chi connectivity index (χ2v) is 4.82. The van der Waals surface area contributed by atoms with Gasteiger partial charge in [-0.1, -0.05) is 0 Å². The number of rotatable bonds is 3. The molecule has 17 heavy (non-hydrogen) atoms. The van der Waals surface area contributed by atoms with E-state index in [-0.39, 0.29) is 5.75 Å². The van der Waals surface area contributed by atoms with Gasteiger partial charge in [0, 0.05) is 11.7 Å². The Balaban J connectivity index is 2.05. The molecule has 1 N–H and O–H groups in total. The Kier molecular flexibility index (Phi) is 3.51. The Labute approximate surface area is 105 Å². The van der Waals surface area contributed by atoms with Gasteiger partial charge in [0.2, 0.25) is 0 Å². The lowest BCUT2D eigenvalue weighted by molar-refractivity contribution is -0.274. The van der Waals surface area contributed by atoms with E-state index in [1.165, 1.54) is 12.5 Å². The largest absolute Gasteiger partial charge is 0.573 e. The molecule has 1 fully saturated rings. The second-order valence-electron chi connectivity index (χ2n) is 3.97. The van der Waals surface area contributed by atoms with E-state index >= 15 is 0 Å². The molecule has 0 unspecified atom stereocenters. The summed E-state index contributed by atoms with van der Waals surface area (Å²) >= 11 is 3.06. The first-order valence-corrected chi connectivity index (χ1v) is 6.05. The van der Waals surface area contributed by atoms with Gasteiger partial charge >= 0.3 is 6.36 Å². The molecule has 2 nitrogen and oxygen atoms in total. The van der Waals surface area contributed by atoms with Crippen molar-refractivity contribution in [1.82, 2.24) is 0 Å². The zero-order valence-electron chi connectivity index (χ0n) is 8.85. The van der Waals surface area contributed by atoms with Gasteiger partial charge < -0.3 is 10.1 Å². The van der Waals surface area contributed by atoms with E-state index in [1.54, 1.807) is 12.1 Å². The molecule has 0 aromatic heterocycles. The Hall–Kier alpha value is -0.910. The van der Waals surface area contributed by atoms with Gasteiger partial charge in [-0.05, 0) is 53.4 Å². The highest BCUT2D eigenvalue weighted by Gasteiger charge is 2.32. The van der Waals surface area contributed by atoms with Gasteiger partial charge in [0.15, 0.2) is 0 Å². The van der Waals surface area contributed by atoms with Crippen LogP contribution in [-0.2, 0) is 0 Å². The van der Waals surface area contributed by atoms with Crippen LogP contribution >= 0.6 is 15.9 Å². The summed E-state index contributed by atoms with van der Waals surface area (Å²) in [7, 11) is 0. The fourth-order valence-electron chi connectivity index (χ4n) is 1.59. The lowest BCUT2D eigenvalue weighted by Gasteiger charge is -2.27. The van der Waals surface area contributed by atoms with E-state index < -0.39 is 6.36 Å². The smallest absolute Gasteiger partial charge is 0.405 e. The highest BCUT2D eigenvalue weighted by atomic mass is 79.9. The van der Waals surface area contributed by atoms with E-state index in [1.807, 2.05) is 0 Å². The fourth-order valence-corrected chi connectivity index (χ4v) is 2.05. The first-order chi connectivity index (χ1) is 7.94. The molecular formula is C11H11BrF3NO. The summed E-state index contributed by atoms with van der Waals surface area (Å²) in [4.78, 5) is 0. The second kappa shape index (κ2) is 4.76. The molecule has 1 aromatic rings. The molecule has 0 aliphatic heterocycles. The molecule has 0 radical (unpaired) electrons. The van der Waals surface area contributed by atoms with E-state index in [9.17, 15) is 13.2 Å². The SMILES string of the molecule is FC(F)(F)Oc1ccc(NC2CCC2)cc1Br. The Bertz CT molecular complexity index is 404. The van der Waals surface area contributed by atoms with Gasteiger partial charge in [-0.15, -0.1) is 13.2 Å². The van der Waals surface area contributed by atoms with Crippen LogP contribution in [0.15, 0.2) is 22.7 Å². The number of alkyl halides is 3. The summed E-state index contributed by atoms with van der Waals surface area (Å²) in [6, 6.07) is 4.93. The molecule has 2 rings (SSSR count). The summed E-state index contributed by atoms with van der Waals surface area (Å²) in [5, 5.41) is 3.24. The molecule has 1 saturated carbocycles. The van der Waals surface area contributed by atoms with Gasteiger partial charge in [0.1, 0.15) is 5.75 Å². The van der Waals surface area contributed by atoms with Crippen molar-refractivity contribution in [3.05, 3.63) is 22.7 Å². The predicted molar refractivity (Wildman–Crippen MR) is 62.1 cm³/mol. The normalized spacial score (nSPS) is 16.5. The first-order valence-electron chi connectivity index (χ1n) is 5.26. The van der Waals surface area contributed by atoms with Crippen LogP contribution in [0, 0.1) is 0 Å². The molecule has 6 heteroatoms. The van der Waals surface area contributed by atoms with Crippen LogP contribution in [0.2, 0.25) is 0 Å². The van der Waals surface area contributed by atoms with Crippen LogP contribution in [0.3, 0.4) is 0 Å². The molecule has 1 aliphatic rings. The van der Waals surface area contributed by atoms with Gasteiger partial charge in [-0.25, -0.2) is 0 Å². The number of hydrogen-bond donors (Lipinski definition) is 1. The number of benzene rings is 1. The van der Waals surface area contributed by atoms with Gasteiger partial charge in [0.05, 0.1) is 4.47 Å². The topological polar surface area (TPSA) is 21.3 Å². The van der Waals surface area contributed by atoms with E-state index in [4.69, 9.17) is 0 Å². The third-order valence-corrected chi connectivity index (χ3v) is 3.25. The monoisotopic (exact) mass is 309 g/mol. The lowest BCUT2D eigenvalue weighted by atomic mass is 9.93. The molecule has 0 saturated heterocycles. The summed E-state index contributed by atoms with van der Waals surface area (Å²) in [6.07, 6.45) is -1.24. The maximum Gasteiger partial charge on any atom is 0.573 e. The van der Waals surface area contributed by atoms with E-state index in [0.29, 0.717) is 10.5 Å². The molecule has 1 aromatic carbocycles. The molecule has 0 spiro atoms. The average molecular weight is 310 g/mol. The molecule has 0 amide bonds. The summed E-state index contributed by atoms with van der Waals surface area (Å²) in [6.45, 7) is 0. The van der Waals surface area contributed by atoms with Crippen molar-refractivity contribution >= 4 is 21.6 Å². The Morgan fingerprint density at radius 3 is 2.47 bits per heavy atom. The zero-order valence-corrected chi connectivity index (χ0v) is 10.4. The third kappa shape index (κ3) is 3.52. The summed E-state index contributed by atoms with van der Waals surface area (Å²) < 4.78 is 40.3. The van der Waals surface area contributed by atoms with Crippen molar-refractivity contribution in [3.63, 3.8) is 0 Å². The minimum absolute atomic E-state index is 0.225. The summed E-state index contributed by atoms with van der Waals surface area (Å²) in [5.74, 6) is -0.225. The minimum Gasteiger partial charge on any atom is -0.405 e. The minimum atomic E-state index is -4.66. The molecule has 1 aliphatic carbocycles. The molecule has 0 atom stereocenters. The first kappa shape index (κ1) is 12.5. The maximum atomic E-state index is 12.0. The van der Waals surface area contributed by atoms with Gasteiger partial charge in [-0.2, -0.15) is 0 Å². The number of anilines is 1. The van der Waals surface area contributed by atoms with Gasteiger partial charge in [0.25, 0.3) is 0 Å². The number of hydrogen-bond acceptors (Lipinski definition) is 2. The van der Waals surface area contributed by atoms with E-state index in [0.717, 1.165) is 18.5 Å². The highest BCUT2D eigenvalue weighted by molar-refractivity contribution is 9.10. The van der Waals surface area contributed by atoms with Gasteiger partial charge in [-0.3, -0.25) is 0 Å². The molecule has 0 heterocycles. The molecule has 0 bridgehead atoms. The number of ether oxygens (including phenoxy) is 1. The van der Waals surface area contributed by atoms with Crippen LogP contribution in [0.4, 0.5) is 18.9 Å². The van der Waals surface area contributed by atoms with E-state index in [2.05, 4.69) is 26.0 Å². The number of halogens is 4. The standard InChI is InChI=1S/C11H11BrF3NO/c12-9-6-8(16-7-2-1-3-7)4-5-10(9)17-11(13,14)15/h4-7,16H,1-3H2. The molecular weight excluding hydrogens is 299 g/mol. The maximum absolute atomic E-state index is 12.0. The van der Waals surface area contributed by atoms with Crippen LogP contribution in [0.25, 0.3) is 0 Å². The quantitative estimate of drug-likeness (QED) is 0.898. The average Bonchev–Trinajstić information content (AvgIpc) is 2.14. The van der Waals surface area contributed by atoms with Crippen molar-refractivity contribution in [2.24, 2.45) is 0 Å². The van der Waals surface area contributed by atoms with Crippen molar-refractivity contribution < 1.29 is 17.9 Å². The van der Waals surface area contributed by atoms with Crippen molar-refractivity contribution in [2.45, 2.75) is 31.7 Å². The van der Waals surface area contributed by atoms with Crippen molar-refractivity contribution in [2.75, 3.05) is 5.32 Å². The van der Waals surface area contributed by atoms with Crippen LogP contribution in [-0.4, -0.2) is 12.4 Å². The lowest BCUT2D eigenvalue weighted by Crippen LogP contribution is -2.26. The van der Waals surface area contributed by atoms with Crippen LogP contribution < -0.4 is 10.1 Å². The van der Waals surface area contributed by atoms with Crippen LogP contribution in [0.5, 0.6) is 5.75 Å². The fraction of sp³-hybridized carbons (Fsp3) is 0.455. The van der Waals surface area contributed by atoms with Crippen molar-refractivity contribution in [3.8, 4) is 5.75 Å². The highest BCUT2D eigenvalue weighted by Crippen LogP contribution is 2.33.